The predicted molar refractivity (Wildman–Crippen MR) is 117 cm³/mol. The molecule has 158 valence electrons. The van der Waals surface area contributed by atoms with Crippen LogP contribution in [-0.4, -0.2) is 47.0 Å². The quantitative estimate of drug-likeness (QED) is 0.358. The Morgan fingerprint density at radius 3 is 2.67 bits per heavy atom. The Bertz CT molecular complexity index is 1120. The maximum absolute atomic E-state index is 12.9. The van der Waals surface area contributed by atoms with Gasteiger partial charge in [0.2, 0.25) is 5.95 Å². The van der Waals surface area contributed by atoms with E-state index >= 15 is 0 Å². The molecule has 0 saturated heterocycles. The zero-order chi connectivity index (χ0) is 21.7. The van der Waals surface area contributed by atoms with Gasteiger partial charge in [0.15, 0.2) is 11.5 Å². The van der Waals surface area contributed by atoms with Gasteiger partial charge in [0, 0.05) is 31.4 Å². The third-order valence-electron chi connectivity index (χ3n) is 4.32. The van der Waals surface area contributed by atoms with Crippen molar-refractivity contribution in [2.24, 2.45) is 7.05 Å². The normalized spacial score (nSPS) is 10.8. The van der Waals surface area contributed by atoms with Crippen LogP contribution in [0.5, 0.6) is 11.5 Å². The molecule has 10 nitrogen and oxygen atoms in total. The molecule has 0 aliphatic heterocycles. The van der Waals surface area contributed by atoms with Gasteiger partial charge in [-0.15, -0.1) is 0 Å². The number of nitrogens with two attached hydrogens (primary N) is 1. The SMILES string of the molecule is COc1c(OCCNSC)ccc2c(=O)n(C)c(NC(=O)c3cnc(N)nc3)cc12. The summed E-state index contributed by atoms with van der Waals surface area (Å²) in [6.07, 6.45) is 4.55. The summed E-state index contributed by atoms with van der Waals surface area (Å²) < 4.78 is 15.7. The van der Waals surface area contributed by atoms with E-state index in [0.29, 0.717) is 35.4 Å². The number of nitrogens with zero attached hydrogens (tertiary/aromatic N) is 3. The minimum Gasteiger partial charge on any atom is -0.492 e. The lowest BCUT2D eigenvalue weighted by Gasteiger charge is -2.16. The van der Waals surface area contributed by atoms with E-state index in [1.54, 1.807) is 25.2 Å². The first-order valence-corrected chi connectivity index (χ1v) is 10.2. The molecule has 0 radical (unpaired) electrons. The number of fused-ring (bicyclic) bond motifs is 1. The molecular weight excluding hydrogens is 408 g/mol. The van der Waals surface area contributed by atoms with Crippen molar-refractivity contribution in [3.63, 3.8) is 0 Å². The van der Waals surface area contributed by atoms with E-state index in [-0.39, 0.29) is 22.9 Å². The molecule has 2 aromatic heterocycles. The van der Waals surface area contributed by atoms with Crippen molar-refractivity contribution in [2.75, 3.05) is 37.6 Å². The molecule has 0 atom stereocenters. The monoisotopic (exact) mass is 430 g/mol. The number of benzene rings is 1. The lowest BCUT2D eigenvalue weighted by atomic mass is 10.1. The molecule has 4 N–H and O–H groups in total. The van der Waals surface area contributed by atoms with E-state index in [4.69, 9.17) is 15.2 Å². The van der Waals surface area contributed by atoms with Gasteiger partial charge in [0.1, 0.15) is 12.4 Å². The largest absolute Gasteiger partial charge is 0.492 e. The molecule has 0 fully saturated rings. The van der Waals surface area contributed by atoms with Crippen LogP contribution >= 0.6 is 11.9 Å². The van der Waals surface area contributed by atoms with Crippen molar-refractivity contribution in [2.45, 2.75) is 0 Å². The Hall–Kier alpha value is -3.31. The maximum Gasteiger partial charge on any atom is 0.259 e. The number of amides is 1. The van der Waals surface area contributed by atoms with E-state index in [9.17, 15) is 9.59 Å². The molecule has 2 heterocycles. The molecule has 1 aromatic carbocycles. The molecule has 0 spiro atoms. The summed E-state index contributed by atoms with van der Waals surface area (Å²) in [5.41, 5.74) is 5.38. The molecule has 1 amide bonds. The predicted octanol–water partition coefficient (Wildman–Crippen LogP) is 1.42. The Morgan fingerprint density at radius 2 is 2.00 bits per heavy atom. The standard InChI is InChI=1S/C19H22N6O4S/c1-25-15(24-17(26)11-9-21-19(20)22-10-11)8-13-12(18(25)27)4-5-14(16(13)28-2)29-7-6-23-30-3/h4-5,8-10,23H,6-7H2,1-3H3,(H,24,26)(H2,20,21,22). The van der Waals surface area contributed by atoms with Gasteiger partial charge in [-0.3, -0.25) is 18.9 Å². The number of nitrogens with one attached hydrogen (secondary N) is 2. The van der Waals surface area contributed by atoms with Crippen molar-refractivity contribution in [3.8, 4) is 11.5 Å². The molecule has 30 heavy (non-hydrogen) atoms. The van der Waals surface area contributed by atoms with Crippen LogP contribution in [0.4, 0.5) is 11.8 Å². The van der Waals surface area contributed by atoms with Crippen LogP contribution in [-0.2, 0) is 7.05 Å². The third kappa shape index (κ3) is 4.47. The molecule has 0 saturated carbocycles. The first kappa shape index (κ1) is 21.4. The lowest BCUT2D eigenvalue weighted by molar-refractivity contribution is 0.102. The molecular formula is C19H22N6O4S. The average molecular weight is 430 g/mol. The highest BCUT2D eigenvalue weighted by Crippen LogP contribution is 2.35. The van der Waals surface area contributed by atoms with Crippen molar-refractivity contribution >= 4 is 40.4 Å². The summed E-state index contributed by atoms with van der Waals surface area (Å²) in [7, 11) is 3.07. The molecule has 3 aromatic rings. The molecule has 11 heteroatoms. The topological polar surface area (TPSA) is 133 Å². The Morgan fingerprint density at radius 1 is 1.27 bits per heavy atom. The fourth-order valence-corrected chi connectivity index (χ4v) is 3.11. The Labute approximate surface area is 176 Å². The number of ether oxygens (including phenoxy) is 2. The lowest BCUT2D eigenvalue weighted by Crippen LogP contribution is -2.24. The summed E-state index contributed by atoms with van der Waals surface area (Å²) in [6.45, 7) is 1.07. The molecule has 0 bridgehead atoms. The van der Waals surface area contributed by atoms with E-state index in [1.165, 1.54) is 36.0 Å². The van der Waals surface area contributed by atoms with Crippen molar-refractivity contribution in [1.82, 2.24) is 19.3 Å². The zero-order valence-electron chi connectivity index (χ0n) is 16.8. The van der Waals surface area contributed by atoms with Crippen molar-refractivity contribution < 1.29 is 14.3 Å². The van der Waals surface area contributed by atoms with Crippen LogP contribution < -0.4 is 30.8 Å². The van der Waals surface area contributed by atoms with Gasteiger partial charge >= 0.3 is 0 Å². The third-order valence-corrected chi connectivity index (χ3v) is 4.82. The molecule has 0 aliphatic carbocycles. The van der Waals surface area contributed by atoms with Crippen LogP contribution in [0.25, 0.3) is 10.8 Å². The first-order valence-electron chi connectivity index (χ1n) is 8.94. The van der Waals surface area contributed by atoms with Gasteiger partial charge in [-0.2, -0.15) is 0 Å². The van der Waals surface area contributed by atoms with Gasteiger partial charge in [0.25, 0.3) is 11.5 Å². The minimum absolute atomic E-state index is 0.0645. The average Bonchev–Trinajstić information content (AvgIpc) is 2.75. The number of anilines is 2. The van der Waals surface area contributed by atoms with Gasteiger partial charge in [-0.25, -0.2) is 9.97 Å². The summed E-state index contributed by atoms with van der Waals surface area (Å²) in [6, 6.07) is 5.04. The van der Waals surface area contributed by atoms with Crippen molar-refractivity contribution in [3.05, 3.63) is 46.5 Å². The number of hydrogen-bond acceptors (Lipinski definition) is 9. The number of rotatable bonds is 8. The van der Waals surface area contributed by atoms with E-state index < -0.39 is 5.91 Å². The van der Waals surface area contributed by atoms with Crippen LogP contribution in [0.1, 0.15) is 10.4 Å². The highest BCUT2D eigenvalue weighted by atomic mass is 32.2. The number of aromatic nitrogens is 3. The van der Waals surface area contributed by atoms with E-state index in [0.717, 1.165) is 0 Å². The van der Waals surface area contributed by atoms with Gasteiger partial charge in [-0.05, 0) is 24.5 Å². The van der Waals surface area contributed by atoms with Gasteiger partial charge in [0.05, 0.1) is 18.1 Å². The number of pyridine rings is 1. The Kier molecular flexibility index (Phi) is 6.75. The second kappa shape index (κ2) is 9.46. The molecule has 0 aliphatic rings. The number of carbonyl (C=O) groups excluding carboxylic acids is 1. The maximum atomic E-state index is 12.9. The second-order valence-electron chi connectivity index (χ2n) is 6.18. The first-order chi connectivity index (χ1) is 14.5. The fourth-order valence-electron chi connectivity index (χ4n) is 2.83. The fraction of sp³-hybridized carbons (Fsp3) is 0.263. The van der Waals surface area contributed by atoms with Crippen LogP contribution in [0.2, 0.25) is 0 Å². The highest BCUT2D eigenvalue weighted by molar-refractivity contribution is 7.96. The van der Waals surface area contributed by atoms with Gasteiger partial charge in [-0.1, -0.05) is 11.9 Å². The molecule has 0 unspecified atom stereocenters. The summed E-state index contributed by atoms with van der Waals surface area (Å²) in [5, 5.41) is 3.67. The second-order valence-corrected chi connectivity index (χ2v) is 6.88. The van der Waals surface area contributed by atoms with Crippen LogP contribution in [0.3, 0.4) is 0 Å². The summed E-state index contributed by atoms with van der Waals surface area (Å²) >= 11 is 1.50. The highest BCUT2D eigenvalue weighted by Gasteiger charge is 2.17. The summed E-state index contributed by atoms with van der Waals surface area (Å²) in [5.74, 6) is 0.799. The molecule has 3 rings (SSSR count). The smallest absolute Gasteiger partial charge is 0.259 e. The van der Waals surface area contributed by atoms with Crippen molar-refractivity contribution in [1.29, 1.82) is 0 Å². The van der Waals surface area contributed by atoms with E-state index in [2.05, 4.69) is 20.0 Å². The van der Waals surface area contributed by atoms with Gasteiger partial charge < -0.3 is 20.5 Å². The van der Waals surface area contributed by atoms with Crippen LogP contribution in [0.15, 0.2) is 35.4 Å². The van der Waals surface area contributed by atoms with Crippen LogP contribution in [0, 0.1) is 0 Å². The number of methoxy groups -OCH3 is 1. The van der Waals surface area contributed by atoms with E-state index in [1.807, 2.05) is 6.26 Å². The number of nitrogen functional groups attached to an aromatic ring is 1. The zero-order valence-corrected chi connectivity index (χ0v) is 17.6. The Balaban J connectivity index is 1.98. The minimum atomic E-state index is -0.473. The number of hydrogen-bond donors (Lipinski definition) is 3. The number of carbonyl (C=O) groups is 1. The summed E-state index contributed by atoms with van der Waals surface area (Å²) in [4.78, 5) is 33.0.